The molecule has 2 aliphatic rings. The van der Waals surface area contributed by atoms with E-state index in [0.717, 1.165) is 30.8 Å². The fraction of sp³-hybridized carbons (Fsp3) is 0.824. The van der Waals surface area contributed by atoms with Crippen molar-refractivity contribution in [2.45, 2.75) is 51.6 Å². The Balaban J connectivity index is 1.54. The molecule has 4 nitrogen and oxygen atoms in total. The predicted octanol–water partition coefficient (Wildman–Crippen LogP) is 2.06. The van der Waals surface area contributed by atoms with Gasteiger partial charge >= 0.3 is 0 Å². The lowest BCUT2D eigenvalue weighted by molar-refractivity contribution is 0.0299. The molecule has 3 rings (SSSR count). The number of rotatable bonds is 5. The highest BCUT2D eigenvalue weighted by Gasteiger charge is 2.39. The summed E-state index contributed by atoms with van der Waals surface area (Å²) >= 11 is 0. The molecule has 4 heteroatoms. The summed E-state index contributed by atoms with van der Waals surface area (Å²) in [6, 6.07) is 3.56. The van der Waals surface area contributed by atoms with Crippen molar-refractivity contribution < 1.29 is 0 Å². The molecule has 1 aliphatic heterocycles. The lowest BCUT2D eigenvalue weighted by atomic mass is 9.73. The Bertz CT molecular complexity index is 439. The Hall–Kier alpha value is -0.870. The molecular weight excluding hydrogens is 260 g/mol. The maximum atomic E-state index is 4.25. The number of likely N-dealkylation sites (tertiary alicyclic amines) is 1. The van der Waals surface area contributed by atoms with Crippen LogP contribution in [0, 0.1) is 11.8 Å². The molecule has 2 fully saturated rings. The van der Waals surface area contributed by atoms with Gasteiger partial charge in [-0.1, -0.05) is 6.42 Å². The summed E-state index contributed by atoms with van der Waals surface area (Å²) in [6.07, 6.45) is 7.22. The van der Waals surface area contributed by atoms with Gasteiger partial charge in [0.1, 0.15) is 0 Å². The van der Waals surface area contributed by atoms with Crippen molar-refractivity contribution >= 4 is 0 Å². The first kappa shape index (κ1) is 15.0. The first-order valence-corrected chi connectivity index (χ1v) is 8.59. The third-order valence-corrected chi connectivity index (χ3v) is 5.52. The molecule has 21 heavy (non-hydrogen) atoms. The highest BCUT2D eigenvalue weighted by atomic mass is 15.3. The van der Waals surface area contributed by atoms with Gasteiger partial charge < -0.3 is 10.2 Å². The minimum Gasteiger partial charge on any atom is -0.313 e. The van der Waals surface area contributed by atoms with Crippen molar-refractivity contribution in [2.75, 3.05) is 19.6 Å². The molecule has 2 unspecified atom stereocenters. The summed E-state index contributed by atoms with van der Waals surface area (Å²) in [5, 5.41) is 8.13. The molecule has 2 bridgehead atoms. The first-order valence-electron chi connectivity index (χ1n) is 8.59. The maximum absolute atomic E-state index is 4.25. The molecule has 0 amide bonds. The number of hydrogen-bond donors (Lipinski definition) is 1. The van der Waals surface area contributed by atoms with Gasteiger partial charge in [-0.3, -0.25) is 4.68 Å². The van der Waals surface area contributed by atoms with E-state index in [9.17, 15) is 0 Å². The topological polar surface area (TPSA) is 33.1 Å². The molecule has 118 valence electrons. The zero-order valence-electron chi connectivity index (χ0n) is 13.8. The third-order valence-electron chi connectivity index (χ3n) is 5.52. The molecule has 1 saturated heterocycles. The normalized spacial score (nSPS) is 30.0. The number of aryl methyl sites for hydroxylation is 1. The molecule has 1 N–H and O–H groups in total. The number of nitrogens with zero attached hydrogens (tertiary/aromatic N) is 3. The average Bonchev–Trinajstić information content (AvgIpc) is 2.83. The van der Waals surface area contributed by atoms with Crippen molar-refractivity contribution in [3.63, 3.8) is 0 Å². The fourth-order valence-electron chi connectivity index (χ4n) is 4.24. The maximum Gasteiger partial charge on any atom is 0.0492 e. The first-order chi connectivity index (χ1) is 10.1. The van der Waals surface area contributed by atoms with Crippen LogP contribution < -0.4 is 5.32 Å². The highest BCUT2D eigenvalue weighted by molar-refractivity contribution is 5.01. The van der Waals surface area contributed by atoms with Crippen LogP contribution in [-0.2, 0) is 13.5 Å². The Morgan fingerprint density at radius 1 is 1.29 bits per heavy atom. The average molecular weight is 290 g/mol. The summed E-state index contributed by atoms with van der Waals surface area (Å²) < 4.78 is 1.99. The number of fused-ring (bicyclic) bond motifs is 2. The van der Waals surface area contributed by atoms with E-state index >= 15 is 0 Å². The summed E-state index contributed by atoms with van der Waals surface area (Å²) in [5.41, 5.74) is 1.33. The largest absolute Gasteiger partial charge is 0.313 e. The minimum absolute atomic E-state index is 0.698. The second kappa shape index (κ2) is 6.49. The van der Waals surface area contributed by atoms with Gasteiger partial charge in [0.15, 0.2) is 0 Å². The molecule has 1 saturated carbocycles. The molecule has 1 aromatic heterocycles. The van der Waals surface area contributed by atoms with Crippen LogP contribution in [0.25, 0.3) is 0 Å². The van der Waals surface area contributed by atoms with Crippen molar-refractivity contribution in [2.24, 2.45) is 18.9 Å². The SMILES string of the molecule is CC(C)N1CC2CCCC(C1)C2NCCc1ccnn1C. The quantitative estimate of drug-likeness (QED) is 0.901. The molecule has 0 spiro atoms. The van der Waals surface area contributed by atoms with E-state index in [4.69, 9.17) is 0 Å². The van der Waals surface area contributed by atoms with Crippen LogP contribution in [0.1, 0.15) is 38.8 Å². The Labute approximate surface area is 128 Å². The van der Waals surface area contributed by atoms with Crippen LogP contribution in [0.4, 0.5) is 0 Å². The van der Waals surface area contributed by atoms with Gasteiger partial charge in [0.2, 0.25) is 0 Å². The van der Waals surface area contributed by atoms with Gasteiger partial charge in [-0.15, -0.1) is 0 Å². The molecule has 0 aromatic carbocycles. The van der Waals surface area contributed by atoms with Crippen LogP contribution in [0.5, 0.6) is 0 Å². The molecular formula is C17H30N4. The zero-order chi connectivity index (χ0) is 14.8. The van der Waals surface area contributed by atoms with Gasteiger partial charge in [-0.2, -0.15) is 5.10 Å². The molecule has 0 radical (unpaired) electrons. The van der Waals surface area contributed by atoms with Gasteiger partial charge in [-0.25, -0.2) is 0 Å². The lowest BCUT2D eigenvalue weighted by Gasteiger charge is -2.49. The summed E-state index contributed by atoms with van der Waals surface area (Å²) in [5.74, 6) is 1.71. The van der Waals surface area contributed by atoms with Gasteiger partial charge in [0.25, 0.3) is 0 Å². The van der Waals surface area contributed by atoms with Crippen LogP contribution in [0.15, 0.2) is 12.3 Å². The number of aromatic nitrogens is 2. The van der Waals surface area contributed by atoms with E-state index in [0.29, 0.717) is 6.04 Å². The van der Waals surface area contributed by atoms with Crippen molar-refractivity contribution in [1.82, 2.24) is 20.0 Å². The zero-order valence-corrected chi connectivity index (χ0v) is 13.8. The number of nitrogens with one attached hydrogen (secondary N) is 1. The summed E-state index contributed by atoms with van der Waals surface area (Å²) in [6.45, 7) is 8.34. The van der Waals surface area contributed by atoms with Crippen LogP contribution in [0.3, 0.4) is 0 Å². The number of piperidine rings is 1. The van der Waals surface area contributed by atoms with E-state index < -0.39 is 0 Å². The van der Waals surface area contributed by atoms with E-state index in [1.807, 2.05) is 17.9 Å². The smallest absolute Gasteiger partial charge is 0.0492 e. The Morgan fingerprint density at radius 3 is 2.57 bits per heavy atom. The monoisotopic (exact) mass is 290 g/mol. The predicted molar refractivity (Wildman–Crippen MR) is 86.2 cm³/mol. The summed E-state index contributed by atoms with van der Waals surface area (Å²) in [4.78, 5) is 2.69. The second-order valence-corrected chi connectivity index (χ2v) is 7.17. The number of hydrogen-bond acceptors (Lipinski definition) is 3. The highest BCUT2D eigenvalue weighted by Crippen LogP contribution is 2.35. The van der Waals surface area contributed by atoms with Gasteiger partial charge in [0.05, 0.1) is 0 Å². The van der Waals surface area contributed by atoms with Crippen molar-refractivity contribution in [3.05, 3.63) is 18.0 Å². The van der Waals surface area contributed by atoms with Gasteiger partial charge in [-0.05, 0) is 44.6 Å². The third kappa shape index (κ3) is 3.32. The second-order valence-electron chi connectivity index (χ2n) is 7.17. The van der Waals surface area contributed by atoms with Crippen molar-refractivity contribution in [1.29, 1.82) is 0 Å². The molecule has 1 aliphatic carbocycles. The van der Waals surface area contributed by atoms with Gasteiger partial charge in [0, 0.05) is 57.1 Å². The fourth-order valence-corrected chi connectivity index (χ4v) is 4.24. The Kier molecular flexibility index (Phi) is 4.65. The van der Waals surface area contributed by atoms with Crippen LogP contribution >= 0.6 is 0 Å². The standard InChI is InChI=1S/C17H30N4/c1-13(2)21-11-14-5-4-6-15(12-21)17(14)18-9-7-16-8-10-19-20(16)3/h8,10,13-15,17-18H,4-7,9,11-12H2,1-3H3. The lowest BCUT2D eigenvalue weighted by Crippen LogP contribution is -2.58. The minimum atomic E-state index is 0.698. The molecule has 1 aromatic rings. The van der Waals surface area contributed by atoms with E-state index in [2.05, 4.69) is 35.2 Å². The van der Waals surface area contributed by atoms with E-state index in [1.165, 1.54) is 38.0 Å². The van der Waals surface area contributed by atoms with Crippen LogP contribution in [-0.4, -0.2) is 46.4 Å². The Morgan fingerprint density at radius 2 is 2.00 bits per heavy atom. The van der Waals surface area contributed by atoms with Crippen molar-refractivity contribution in [3.8, 4) is 0 Å². The molecule has 2 heterocycles. The molecule has 2 atom stereocenters. The van der Waals surface area contributed by atoms with E-state index in [-0.39, 0.29) is 0 Å². The van der Waals surface area contributed by atoms with Crippen LogP contribution in [0.2, 0.25) is 0 Å². The van der Waals surface area contributed by atoms with E-state index in [1.54, 1.807) is 0 Å². The summed E-state index contributed by atoms with van der Waals surface area (Å²) in [7, 11) is 2.03.